The van der Waals surface area contributed by atoms with Gasteiger partial charge in [-0.25, -0.2) is 13.1 Å². The predicted molar refractivity (Wildman–Crippen MR) is 103 cm³/mol. The Hall–Kier alpha value is -2.78. The second-order valence-electron chi connectivity index (χ2n) is 7.23. The fraction of sp³-hybridized carbons (Fsp3) is 0.316. The topological polar surface area (TPSA) is 103 Å². The summed E-state index contributed by atoms with van der Waals surface area (Å²) in [5.41, 5.74) is -0.119. The van der Waals surface area contributed by atoms with Gasteiger partial charge in [0.25, 0.3) is 5.91 Å². The van der Waals surface area contributed by atoms with Crippen LogP contribution in [-0.4, -0.2) is 33.3 Å². The van der Waals surface area contributed by atoms with Crippen molar-refractivity contribution < 1.29 is 27.4 Å². The van der Waals surface area contributed by atoms with Crippen LogP contribution in [0.1, 0.15) is 20.8 Å². The Morgan fingerprint density at radius 3 is 2.43 bits per heavy atom. The monoisotopic (exact) mass is 406 g/mol. The molecule has 0 radical (unpaired) electrons. The van der Waals surface area contributed by atoms with E-state index >= 15 is 0 Å². The van der Waals surface area contributed by atoms with Crippen LogP contribution >= 0.6 is 0 Å². The summed E-state index contributed by atoms with van der Waals surface area (Å²) < 4.78 is 43.1. The molecule has 2 N–H and O–H groups in total. The first-order valence-electron chi connectivity index (χ1n) is 8.59. The molecule has 1 aliphatic rings. The first-order valence-corrected chi connectivity index (χ1v) is 10.1. The average molecular weight is 406 g/mol. The highest BCUT2D eigenvalue weighted by molar-refractivity contribution is 7.89. The maximum atomic E-state index is 12.3. The number of rotatable bonds is 6. The molecule has 1 amide bonds. The minimum absolute atomic E-state index is 0.122. The molecule has 0 aromatic heterocycles. The Morgan fingerprint density at radius 1 is 1.07 bits per heavy atom. The number of fused-ring (bicyclic) bond motifs is 1. The van der Waals surface area contributed by atoms with Gasteiger partial charge >= 0.3 is 0 Å². The van der Waals surface area contributed by atoms with E-state index in [0.717, 1.165) is 0 Å². The van der Waals surface area contributed by atoms with Gasteiger partial charge in [0.1, 0.15) is 5.75 Å². The Morgan fingerprint density at radius 2 is 1.75 bits per heavy atom. The summed E-state index contributed by atoms with van der Waals surface area (Å²) in [6.45, 7) is 5.25. The highest BCUT2D eigenvalue weighted by atomic mass is 32.2. The quantitative estimate of drug-likeness (QED) is 0.764. The molecule has 0 bridgehead atoms. The van der Waals surface area contributed by atoms with E-state index in [4.69, 9.17) is 14.2 Å². The summed E-state index contributed by atoms with van der Waals surface area (Å²) in [4.78, 5) is 12.2. The van der Waals surface area contributed by atoms with Gasteiger partial charge in [0, 0.05) is 17.3 Å². The van der Waals surface area contributed by atoms with Crippen molar-refractivity contribution >= 4 is 21.6 Å². The molecule has 0 saturated carbocycles. The molecule has 1 aliphatic heterocycles. The third-order valence-corrected chi connectivity index (χ3v) is 5.38. The smallest absolute Gasteiger partial charge is 0.262 e. The van der Waals surface area contributed by atoms with E-state index in [1.165, 1.54) is 24.3 Å². The lowest BCUT2D eigenvalue weighted by atomic mass is 10.1. The number of carbonyl (C=O) groups excluding carboxylic acids is 1. The van der Waals surface area contributed by atoms with E-state index in [1.807, 2.05) is 0 Å². The standard InChI is InChI=1S/C19H22N2O6S/c1-19(2,3)21-28(23,24)15-7-4-13(5-8-15)20-18(22)11-25-14-6-9-16-17(10-14)27-12-26-16/h4-10,21H,11-12H2,1-3H3,(H,20,22). The first kappa shape index (κ1) is 20.0. The number of amides is 1. The van der Waals surface area contributed by atoms with Gasteiger partial charge in [0.2, 0.25) is 16.8 Å². The van der Waals surface area contributed by atoms with E-state index in [-0.39, 0.29) is 24.2 Å². The second-order valence-corrected chi connectivity index (χ2v) is 8.91. The number of hydrogen-bond donors (Lipinski definition) is 2. The third-order valence-electron chi connectivity index (χ3n) is 3.60. The van der Waals surface area contributed by atoms with Crippen LogP contribution < -0.4 is 24.2 Å². The third kappa shape index (κ3) is 5.14. The molecule has 1 heterocycles. The largest absolute Gasteiger partial charge is 0.484 e. The Kier molecular flexibility index (Phi) is 5.48. The SMILES string of the molecule is CC(C)(C)NS(=O)(=O)c1ccc(NC(=O)COc2ccc3c(c2)OCO3)cc1. The van der Waals surface area contributed by atoms with Crippen molar-refractivity contribution in [2.75, 3.05) is 18.7 Å². The van der Waals surface area contributed by atoms with Crippen LogP contribution in [0.5, 0.6) is 17.2 Å². The molecular formula is C19H22N2O6S. The zero-order valence-corrected chi connectivity index (χ0v) is 16.6. The molecule has 9 heteroatoms. The van der Waals surface area contributed by atoms with Crippen LogP contribution in [0, 0.1) is 0 Å². The zero-order chi connectivity index (χ0) is 20.4. The van der Waals surface area contributed by atoms with Crippen LogP contribution in [-0.2, 0) is 14.8 Å². The molecule has 150 valence electrons. The molecule has 0 atom stereocenters. The second kappa shape index (κ2) is 7.69. The Bertz CT molecular complexity index is 965. The van der Waals surface area contributed by atoms with E-state index in [1.54, 1.807) is 39.0 Å². The zero-order valence-electron chi connectivity index (χ0n) is 15.8. The molecule has 3 rings (SSSR count). The number of ether oxygens (including phenoxy) is 3. The van der Waals surface area contributed by atoms with Crippen molar-refractivity contribution in [1.29, 1.82) is 0 Å². The number of carbonyl (C=O) groups is 1. The summed E-state index contributed by atoms with van der Waals surface area (Å²) >= 11 is 0. The van der Waals surface area contributed by atoms with E-state index in [2.05, 4.69) is 10.0 Å². The number of nitrogens with one attached hydrogen (secondary N) is 2. The number of hydrogen-bond acceptors (Lipinski definition) is 6. The van der Waals surface area contributed by atoms with Crippen molar-refractivity contribution in [3.8, 4) is 17.2 Å². The van der Waals surface area contributed by atoms with E-state index in [0.29, 0.717) is 22.9 Å². The van der Waals surface area contributed by atoms with Gasteiger partial charge in [-0.05, 0) is 57.2 Å². The first-order chi connectivity index (χ1) is 13.1. The lowest BCUT2D eigenvalue weighted by Gasteiger charge is -2.20. The average Bonchev–Trinajstić information content (AvgIpc) is 3.06. The summed E-state index contributed by atoms with van der Waals surface area (Å²) in [7, 11) is -3.62. The van der Waals surface area contributed by atoms with Gasteiger partial charge < -0.3 is 19.5 Å². The summed E-state index contributed by atoms with van der Waals surface area (Å²) in [5, 5.41) is 2.66. The van der Waals surface area contributed by atoms with E-state index < -0.39 is 15.6 Å². The molecule has 0 saturated heterocycles. The fourth-order valence-corrected chi connectivity index (χ4v) is 3.91. The fourth-order valence-electron chi connectivity index (χ4n) is 2.49. The highest BCUT2D eigenvalue weighted by Crippen LogP contribution is 2.35. The molecule has 8 nitrogen and oxygen atoms in total. The van der Waals surface area contributed by atoms with Gasteiger partial charge in [-0.2, -0.15) is 0 Å². The van der Waals surface area contributed by atoms with Crippen LogP contribution in [0.3, 0.4) is 0 Å². The van der Waals surface area contributed by atoms with Crippen molar-refractivity contribution in [2.45, 2.75) is 31.2 Å². The predicted octanol–water partition coefficient (Wildman–Crippen LogP) is 2.51. The minimum Gasteiger partial charge on any atom is -0.484 e. The maximum Gasteiger partial charge on any atom is 0.262 e. The normalized spacial score (nSPS) is 13.2. The molecule has 2 aromatic rings. The van der Waals surface area contributed by atoms with Crippen LogP contribution in [0.2, 0.25) is 0 Å². The van der Waals surface area contributed by atoms with Crippen LogP contribution in [0.15, 0.2) is 47.4 Å². The van der Waals surface area contributed by atoms with Gasteiger partial charge in [-0.1, -0.05) is 0 Å². The van der Waals surface area contributed by atoms with Crippen LogP contribution in [0.25, 0.3) is 0 Å². The molecule has 0 spiro atoms. The van der Waals surface area contributed by atoms with Gasteiger partial charge in [-0.15, -0.1) is 0 Å². The lowest BCUT2D eigenvalue weighted by molar-refractivity contribution is -0.118. The van der Waals surface area contributed by atoms with Crippen molar-refractivity contribution in [3.05, 3.63) is 42.5 Å². The maximum absolute atomic E-state index is 12.3. The van der Waals surface area contributed by atoms with Crippen LogP contribution in [0.4, 0.5) is 5.69 Å². The minimum atomic E-state index is -3.62. The molecule has 2 aromatic carbocycles. The lowest BCUT2D eigenvalue weighted by Crippen LogP contribution is -2.40. The van der Waals surface area contributed by atoms with Gasteiger partial charge in [-0.3, -0.25) is 4.79 Å². The number of anilines is 1. The summed E-state index contributed by atoms with van der Waals surface area (Å²) in [6, 6.07) is 11.0. The van der Waals surface area contributed by atoms with Gasteiger partial charge in [0.15, 0.2) is 18.1 Å². The highest BCUT2D eigenvalue weighted by Gasteiger charge is 2.22. The number of benzene rings is 2. The van der Waals surface area contributed by atoms with Gasteiger partial charge in [0.05, 0.1) is 4.90 Å². The summed E-state index contributed by atoms with van der Waals surface area (Å²) in [5.74, 6) is 1.31. The molecule has 0 aliphatic carbocycles. The van der Waals surface area contributed by atoms with Crippen molar-refractivity contribution in [2.24, 2.45) is 0 Å². The van der Waals surface area contributed by atoms with Crippen molar-refractivity contribution in [1.82, 2.24) is 4.72 Å². The molecular weight excluding hydrogens is 384 g/mol. The Balaban J connectivity index is 1.56. The molecule has 0 unspecified atom stereocenters. The van der Waals surface area contributed by atoms with Crippen molar-refractivity contribution in [3.63, 3.8) is 0 Å². The molecule has 0 fully saturated rings. The molecule has 28 heavy (non-hydrogen) atoms. The van der Waals surface area contributed by atoms with E-state index in [9.17, 15) is 13.2 Å². The summed E-state index contributed by atoms with van der Waals surface area (Å²) in [6.07, 6.45) is 0. The number of sulfonamides is 1. The Labute approximate surface area is 163 Å².